The van der Waals surface area contributed by atoms with Crippen LogP contribution in [0, 0.1) is 10.1 Å². The smallest absolute Gasteiger partial charge is 0.333 e. The van der Waals surface area contributed by atoms with E-state index in [1.807, 2.05) is 12.1 Å². The average Bonchev–Trinajstić information content (AvgIpc) is 2.85. The highest BCUT2D eigenvalue weighted by Gasteiger charge is 2.20. The number of halogens is 1. The molecule has 0 aliphatic rings. The van der Waals surface area contributed by atoms with E-state index in [9.17, 15) is 10.1 Å². The minimum absolute atomic E-state index is 0.00768. The van der Waals surface area contributed by atoms with E-state index in [1.54, 1.807) is 36.5 Å². The van der Waals surface area contributed by atoms with Gasteiger partial charge in [0.25, 0.3) is 0 Å². The van der Waals surface area contributed by atoms with Gasteiger partial charge in [0, 0.05) is 11.4 Å². The van der Waals surface area contributed by atoms with Crippen LogP contribution in [0.5, 0.6) is 5.75 Å². The second kappa shape index (κ2) is 7.42. The van der Waals surface area contributed by atoms with Crippen molar-refractivity contribution in [3.63, 3.8) is 0 Å². The molecule has 1 heterocycles. The number of nitro benzene ring substituents is 1. The third kappa shape index (κ3) is 4.18. The summed E-state index contributed by atoms with van der Waals surface area (Å²) in [5.41, 5.74) is 0.480. The Labute approximate surface area is 135 Å². The number of thiophene rings is 1. The maximum Gasteiger partial charge on any atom is 0.333 e. The molecule has 1 aromatic carbocycles. The molecule has 0 fully saturated rings. The van der Waals surface area contributed by atoms with E-state index in [1.165, 1.54) is 4.88 Å². The summed E-state index contributed by atoms with van der Waals surface area (Å²) >= 11 is 5.08. The van der Waals surface area contributed by atoms with E-state index in [0.29, 0.717) is 24.6 Å². The highest BCUT2D eigenvalue weighted by molar-refractivity contribution is 9.11. The second-order valence-corrected chi connectivity index (χ2v) is 6.77. The highest BCUT2D eigenvalue weighted by atomic mass is 79.9. The first-order chi connectivity index (χ1) is 10.1. The first-order valence-electron chi connectivity index (χ1n) is 6.50. The number of nitrogens with zero attached hydrogens (tertiary/aromatic N) is 1. The molecule has 2 rings (SSSR count). The molecule has 0 atom stereocenters. The molecule has 21 heavy (non-hydrogen) atoms. The lowest BCUT2D eigenvalue weighted by Crippen LogP contribution is -2.07. The van der Waals surface area contributed by atoms with Crippen molar-refractivity contribution in [1.82, 2.24) is 0 Å². The fourth-order valence-corrected chi connectivity index (χ4v) is 3.41. The van der Waals surface area contributed by atoms with E-state index < -0.39 is 4.92 Å². The lowest BCUT2D eigenvalue weighted by molar-refractivity contribution is -0.384. The molecule has 0 unspecified atom stereocenters. The van der Waals surface area contributed by atoms with Gasteiger partial charge in [0.1, 0.15) is 5.69 Å². The van der Waals surface area contributed by atoms with Crippen LogP contribution in [0.15, 0.2) is 34.1 Å². The van der Waals surface area contributed by atoms with Gasteiger partial charge in [-0.2, -0.15) is 0 Å². The molecule has 0 amide bonds. The Kier molecular flexibility index (Phi) is 5.58. The van der Waals surface area contributed by atoms with Gasteiger partial charge in [-0.05, 0) is 53.5 Å². The van der Waals surface area contributed by atoms with Crippen LogP contribution in [0.3, 0.4) is 0 Å². The van der Waals surface area contributed by atoms with Gasteiger partial charge < -0.3 is 10.1 Å². The molecule has 0 bridgehead atoms. The number of nitrogens with one attached hydrogen (secondary N) is 1. The number of nitro groups is 1. The molecular weight excluding hydrogens is 356 g/mol. The summed E-state index contributed by atoms with van der Waals surface area (Å²) in [4.78, 5) is 12.0. The largest absolute Gasteiger partial charge is 0.487 e. The van der Waals surface area contributed by atoms with Gasteiger partial charge in [0.05, 0.1) is 15.3 Å². The predicted molar refractivity (Wildman–Crippen MR) is 88.5 cm³/mol. The summed E-state index contributed by atoms with van der Waals surface area (Å²) in [6, 6.07) is 9.11. The summed E-state index contributed by atoms with van der Waals surface area (Å²) in [6.07, 6.45) is 0.812. The molecule has 7 heteroatoms. The Morgan fingerprint density at radius 1 is 1.38 bits per heavy atom. The predicted octanol–water partition coefficient (Wildman–Crippen LogP) is 4.47. The summed E-state index contributed by atoms with van der Waals surface area (Å²) in [5, 5.41) is 14.4. The van der Waals surface area contributed by atoms with Crippen LogP contribution in [0.4, 0.5) is 11.4 Å². The first kappa shape index (κ1) is 15.8. The van der Waals surface area contributed by atoms with Gasteiger partial charge in [-0.25, -0.2) is 0 Å². The lowest BCUT2D eigenvalue weighted by atomic mass is 10.2. The molecule has 5 nitrogen and oxygen atoms in total. The fraction of sp³-hybridized carbons (Fsp3) is 0.286. The number of benzene rings is 1. The van der Waals surface area contributed by atoms with Crippen molar-refractivity contribution in [2.24, 2.45) is 0 Å². The van der Waals surface area contributed by atoms with Crippen LogP contribution in [-0.2, 0) is 6.42 Å². The summed E-state index contributed by atoms with van der Waals surface area (Å²) in [6.45, 7) is 2.83. The molecule has 0 aliphatic heterocycles. The first-order valence-corrected chi connectivity index (χ1v) is 8.11. The van der Waals surface area contributed by atoms with Crippen LogP contribution < -0.4 is 10.1 Å². The van der Waals surface area contributed by atoms with Gasteiger partial charge in [-0.3, -0.25) is 10.1 Å². The quantitative estimate of drug-likeness (QED) is 0.576. The Bertz CT molecular complexity index is 630. The molecular formula is C14H15BrN2O3S. The Morgan fingerprint density at radius 2 is 2.19 bits per heavy atom. The van der Waals surface area contributed by atoms with Crippen molar-refractivity contribution in [1.29, 1.82) is 0 Å². The number of rotatable bonds is 7. The van der Waals surface area contributed by atoms with Gasteiger partial charge in [0.15, 0.2) is 5.75 Å². The van der Waals surface area contributed by atoms with Crippen LogP contribution in [-0.4, -0.2) is 18.1 Å². The van der Waals surface area contributed by atoms with Gasteiger partial charge in [-0.1, -0.05) is 6.07 Å². The van der Waals surface area contributed by atoms with Crippen molar-refractivity contribution >= 4 is 38.6 Å². The zero-order valence-corrected chi connectivity index (χ0v) is 13.9. The minimum Gasteiger partial charge on any atom is -0.487 e. The maximum absolute atomic E-state index is 11.2. The normalized spacial score (nSPS) is 10.4. The van der Waals surface area contributed by atoms with Crippen molar-refractivity contribution in [2.45, 2.75) is 13.3 Å². The molecule has 0 aliphatic carbocycles. The number of ether oxygens (including phenoxy) is 1. The molecule has 0 saturated carbocycles. The molecule has 0 spiro atoms. The van der Waals surface area contributed by atoms with Crippen LogP contribution in [0.2, 0.25) is 0 Å². The van der Waals surface area contributed by atoms with E-state index in [-0.39, 0.29) is 5.69 Å². The van der Waals surface area contributed by atoms with Crippen molar-refractivity contribution < 1.29 is 9.66 Å². The Balaban J connectivity index is 2.08. The fourth-order valence-electron chi connectivity index (χ4n) is 1.93. The third-order valence-electron chi connectivity index (χ3n) is 2.80. The monoisotopic (exact) mass is 370 g/mol. The van der Waals surface area contributed by atoms with Crippen LogP contribution in [0.25, 0.3) is 0 Å². The standard InChI is InChI=1S/C14H15BrN2O3S/c1-2-20-12-5-3-4-11(14(12)17(18)19)16-9-8-10-6-7-13(15)21-10/h3-7,16H,2,8-9H2,1H3. The number of hydrogen-bond acceptors (Lipinski definition) is 5. The zero-order valence-electron chi connectivity index (χ0n) is 11.5. The molecule has 1 aromatic heterocycles. The van der Waals surface area contributed by atoms with Gasteiger partial charge in [0.2, 0.25) is 0 Å². The number of anilines is 1. The second-order valence-electron chi connectivity index (χ2n) is 4.23. The van der Waals surface area contributed by atoms with E-state index in [2.05, 4.69) is 21.2 Å². The van der Waals surface area contributed by atoms with Gasteiger partial charge in [-0.15, -0.1) is 11.3 Å². The van der Waals surface area contributed by atoms with Crippen molar-refractivity contribution in [2.75, 3.05) is 18.5 Å². The van der Waals surface area contributed by atoms with Crippen LogP contribution in [0.1, 0.15) is 11.8 Å². The third-order valence-corrected chi connectivity index (χ3v) is 4.48. The van der Waals surface area contributed by atoms with Crippen molar-refractivity contribution in [3.8, 4) is 5.75 Å². The summed E-state index contributed by atoms with van der Waals surface area (Å²) < 4.78 is 6.41. The molecule has 112 valence electrons. The van der Waals surface area contributed by atoms with E-state index in [0.717, 1.165) is 10.2 Å². The van der Waals surface area contributed by atoms with E-state index in [4.69, 9.17) is 4.74 Å². The molecule has 0 radical (unpaired) electrons. The average molecular weight is 371 g/mol. The van der Waals surface area contributed by atoms with Gasteiger partial charge >= 0.3 is 5.69 Å². The molecule has 2 aromatic rings. The molecule has 1 N–H and O–H groups in total. The Morgan fingerprint density at radius 3 is 2.81 bits per heavy atom. The van der Waals surface area contributed by atoms with Crippen molar-refractivity contribution in [3.05, 3.63) is 49.1 Å². The number of para-hydroxylation sites is 1. The van der Waals surface area contributed by atoms with Crippen LogP contribution >= 0.6 is 27.3 Å². The minimum atomic E-state index is -0.408. The molecule has 0 saturated heterocycles. The summed E-state index contributed by atoms with van der Waals surface area (Å²) in [7, 11) is 0. The topological polar surface area (TPSA) is 64.4 Å². The zero-order chi connectivity index (χ0) is 15.2. The SMILES string of the molecule is CCOc1cccc(NCCc2ccc(Br)s2)c1[N+](=O)[O-]. The Hall–Kier alpha value is -1.60. The highest BCUT2D eigenvalue weighted by Crippen LogP contribution is 2.34. The summed E-state index contributed by atoms with van der Waals surface area (Å²) in [5.74, 6) is 0.298. The number of hydrogen-bond donors (Lipinski definition) is 1. The maximum atomic E-state index is 11.2. The lowest BCUT2D eigenvalue weighted by Gasteiger charge is -2.10. The van der Waals surface area contributed by atoms with E-state index >= 15 is 0 Å².